The Labute approximate surface area is 158 Å². The molecule has 0 spiro atoms. The molecule has 27 heavy (non-hydrogen) atoms. The van der Waals surface area contributed by atoms with E-state index in [9.17, 15) is 9.35 Å². The van der Waals surface area contributed by atoms with Gasteiger partial charge in [-0.2, -0.15) is 10.2 Å². The molecule has 4 aromatic rings. The largest absolute Gasteiger partial charge is 0.612 e. The van der Waals surface area contributed by atoms with Crippen molar-refractivity contribution in [3.63, 3.8) is 0 Å². The predicted molar refractivity (Wildman–Crippen MR) is 105 cm³/mol. The average Bonchev–Trinajstić information content (AvgIpc) is 3.19. The van der Waals surface area contributed by atoms with Crippen LogP contribution in [0.15, 0.2) is 88.8 Å². The Bertz CT molecular complexity index is 1140. The summed E-state index contributed by atoms with van der Waals surface area (Å²) in [6.45, 7) is 0. The van der Waals surface area contributed by atoms with Gasteiger partial charge in [-0.1, -0.05) is 24.3 Å². The molecule has 2 aromatic carbocycles. The highest BCUT2D eigenvalue weighted by Crippen LogP contribution is 2.19. The number of rotatable bonds is 4. The minimum absolute atomic E-state index is 0.195. The summed E-state index contributed by atoms with van der Waals surface area (Å²) >= 11 is -1.10. The molecule has 0 saturated heterocycles. The van der Waals surface area contributed by atoms with E-state index in [1.807, 2.05) is 42.5 Å². The first-order valence-electron chi connectivity index (χ1n) is 8.27. The van der Waals surface area contributed by atoms with Gasteiger partial charge in [-0.05, 0) is 41.5 Å². The van der Waals surface area contributed by atoms with Crippen molar-refractivity contribution >= 4 is 11.2 Å². The SMILES string of the molecule is C[S+]([O-])c1cccc(-n2ccc(=O)c(-c3ccnn3-c3ccccc3)n2)c1. The van der Waals surface area contributed by atoms with Gasteiger partial charge < -0.3 is 4.55 Å². The number of hydrogen-bond donors (Lipinski definition) is 0. The number of nitrogens with zero attached hydrogens (tertiary/aromatic N) is 4. The van der Waals surface area contributed by atoms with Crippen molar-refractivity contribution in [2.75, 3.05) is 6.26 Å². The molecule has 0 aliphatic carbocycles. The number of benzene rings is 2. The fraction of sp³-hybridized carbons (Fsp3) is 0.0500. The van der Waals surface area contributed by atoms with Gasteiger partial charge in [0, 0.05) is 18.3 Å². The van der Waals surface area contributed by atoms with Gasteiger partial charge in [0.2, 0.25) is 5.43 Å². The van der Waals surface area contributed by atoms with Gasteiger partial charge in [-0.3, -0.25) is 4.79 Å². The van der Waals surface area contributed by atoms with E-state index in [1.54, 1.807) is 46.2 Å². The molecule has 6 nitrogen and oxygen atoms in total. The summed E-state index contributed by atoms with van der Waals surface area (Å²) < 4.78 is 15.1. The predicted octanol–water partition coefficient (Wildman–Crippen LogP) is 2.82. The molecular weight excluding hydrogens is 360 g/mol. The Kier molecular flexibility index (Phi) is 4.62. The second kappa shape index (κ2) is 7.22. The molecule has 0 amide bonds. The van der Waals surface area contributed by atoms with Crippen LogP contribution in [0.1, 0.15) is 0 Å². The fourth-order valence-electron chi connectivity index (χ4n) is 2.79. The highest BCUT2D eigenvalue weighted by atomic mass is 32.2. The Morgan fingerprint density at radius 2 is 1.74 bits per heavy atom. The molecule has 2 aromatic heterocycles. The number of aromatic nitrogens is 4. The molecule has 0 aliphatic heterocycles. The van der Waals surface area contributed by atoms with Crippen molar-refractivity contribution in [2.24, 2.45) is 0 Å². The highest BCUT2D eigenvalue weighted by molar-refractivity contribution is 7.90. The Morgan fingerprint density at radius 1 is 0.963 bits per heavy atom. The summed E-state index contributed by atoms with van der Waals surface area (Å²) in [6.07, 6.45) is 4.87. The molecule has 0 saturated carbocycles. The van der Waals surface area contributed by atoms with Crippen LogP contribution in [0.2, 0.25) is 0 Å². The van der Waals surface area contributed by atoms with Gasteiger partial charge >= 0.3 is 0 Å². The topological polar surface area (TPSA) is 75.8 Å². The molecule has 7 heteroatoms. The van der Waals surface area contributed by atoms with Crippen molar-refractivity contribution < 1.29 is 4.55 Å². The second-order valence-corrected chi connectivity index (χ2v) is 7.27. The summed E-state index contributed by atoms with van der Waals surface area (Å²) in [4.78, 5) is 13.2. The first-order valence-corrected chi connectivity index (χ1v) is 9.83. The maximum Gasteiger partial charge on any atom is 0.209 e. The molecule has 1 atom stereocenters. The van der Waals surface area contributed by atoms with Crippen LogP contribution in [0.4, 0.5) is 0 Å². The second-order valence-electron chi connectivity index (χ2n) is 5.89. The van der Waals surface area contributed by atoms with E-state index in [4.69, 9.17) is 0 Å². The Hall–Kier alpha value is -3.16. The molecule has 0 aliphatic rings. The smallest absolute Gasteiger partial charge is 0.209 e. The lowest BCUT2D eigenvalue weighted by Gasteiger charge is -2.11. The van der Waals surface area contributed by atoms with Crippen molar-refractivity contribution in [3.8, 4) is 22.8 Å². The van der Waals surface area contributed by atoms with Crippen molar-refractivity contribution in [2.45, 2.75) is 4.90 Å². The van der Waals surface area contributed by atoms with Crippen molar-refractivity contribution in [3.05, 3.63) is 89.3 Å². The number of hydrogen-bond acceptors (Lipinski definition) is 4. The summed E-state index contributed by atoms with van der Waals surface area (Å²) in [7, 11) is 0. The average molecular weight is 376 g/mol. The zero-order valence-corrected chi connectivity index (χ0v) is 15.3. The molecule has 1 unspecified atom stereocenters. The van der Waals surface area contributed by atoms with Crippen LogP contribution in [0, 0.1) is 0 Å². The lowest BCUT2D eigenvalue weighted by Crippen LogP contribution is -2.15. The molecule has 134 valence electrons. The first kappa shape index (κ1) is 17.3. The molecule has 2 heterocycles. The zero-order valence-electron chi connectivity index (χ0n) is 14.5. The van der Waals surface area contributed by atoms with Gasteiger partial charge in [0.15, 0.2) is 10.6 Å². The quantitative estimate of drug-likeness (QED) is 0.513. The molecule has 0 radical (unpaired) electrons. The van der Waals surface area contributed by atoms with Crippen LogP contribution in [0.5, 0.6) is 0 Å². The minimum atomic E-state index is -1.10. The molecule has 0 fully saturated rings. The van der Waals surface area contributed by atoms with Crippen LogP contribution in [0.3, 0.4) is 0 Å². The summed E-state index contributed by atoms with van der Waals surface area (Å²) in [6, 6.07) is 20.1. The van der Waals surface area contributed by atoms with Gasteiger partial charge in [-0.15, -0.1) is 0 Å². The third kappa shape index (κ3) is 3.42. The number of para-hydroxylation sites is 1. The maximum atomic E-state index is 12.5. The van der Waals surface area contributed by atoms with Crippen LogP contribution < -0.4 is 5.43 Å². The summed E-state index contributed by atoms with van der Waals surface area (Å²) in [5.41, 5.74) is 2.28. The normalized spacial score (nSPS) is 12.1. The molecule has 0 bridgehead atoms. The standard InChI is InChI=1S/C20H16N4O2S/c1-27(26)17-9-5-8-16(14-17)23-13-11-19(25)20(22-23)18-10-12-21-24(18)15-6-3-2-4-7-15/h2-14H,1H3. The first-order chi connectivity index (χ1) is 13.1. The maximum absolute atomic E-state index is 12.5. The van der Waals surface area contributed by atoms with Crippen molar-refractivity contribution in [1.29, 1.82) is 0 Å². The Morgan fingerprint density at radius 3 is 2.52 bits per heavy atom. The van der Waals surface area contributed by atoms with Gasteiger partial charge in [0.25, 0.3) is 0 Å². The third-order valence-corrected chi connectivity index (χ3v) is 5.03. The lowest BCUT2D eigenvalue weighted by molar-refractivity contribution is 0.600. The van der Waals surface area contributed by atoms with Gasteiger partial charge in [0.1, 0.15) is 6.26 Å². The van der Waals surface area contributed by atoms with Crippen molar-refractivity contribution in [1.82, 2.24) is 19.6 Å². The minimum Gasteiger partial charge on any atom is -0.612 e. The third-order valence-electron chi connectivity index (χ3n) is 4.11. The Balaban J connectivity index is 1.83. The van der Waals surface area contributed by atoms with E-state index in [0.717, 1.165) is 11.4 Å². The van der Waals surface area contributed by atoms with Gasteiger partial charge in [0.05, 0.1) is 23.3 Å². The van der Waals surface area contributed by atoms with Crippen LogP contribution >= 0.6 is 0 Å². The van der Waals surface area contributed by atoms with Crippen LogP contribution in [0.25, 0.3) is 22.8 Å². The van der Waals surface area contributed by atoms with E-state index in [2.05, 4.69) is 10.2 Å². The summed E-state index contributed by atoms with van der Waals surface area (Å²) in [5.74, 6) is 0. The lowest BCUT2D eigenvalue weighted by atomic mass is 10.2. The highest BCUT2D eigenvalue weighted by Gasteiger charge is 2.14. The zero-order chi connectivity index (χ0) is 18.8. The van der Waals surface area contributed by atoms with Crippen LogP contribution in [-0.2, 0) is 11.2 Å². The van der Waals surface area contributed by atoms with E-state index in [0.29, 0.717) is 16.3 Å². The summed E-state index contributed by atoms with van der Waals surface area (Å²) in [5, 5.41) is 8.85. The molecule has 0 N–H and O–H groups in total. The van der Waals surface area contributed by atoms with E-state index in [-0.39, 0.29) is 5.43 Å². The molecule has 4 rings (SSSR count). The fourth-order valence-corrected chi connectivity index (χ4v) is 3.35. The monoisotopic (exact) mass is 376 g/mol. The van der Waals surface area contributed by atoms with E-state index >= 15 is 0 Å². The van der Waals surface area contributed by atoms with E-state index < -0.39 is 11.2 Å². The van der Waals surface area contributed by atoms with E-state index in [1.165, 1.54) is 6.07 Å². The van der Waals surface area contributed by atoms with Gasteiger partial charge in [-0.25, -0.2) is 9.36 Å². The van der Waals surface area contributed by atoms with Crippen LogP contribution in [-0.4, -0.2) is 30.4 Å². The molecular formula is C20H16N4O2S.